The minimum atomic E-state index is -4.17. The summed E-state index contributed by atoms with van der Waals surface area (Å²) in [5.41, 5.74) is 0.419. The average Bonchev–Trinajstić information content (AvgIpc) is 2.76. The van der Waals surface area contributed by atoms with Crippen LogP contribution in [0.25, 0.3) is 0 Å². The summed E-state index contributed by atoms with van der Waals surface area (Å²) >= 11 is 11.8. The van der Waals surface area contributed by atoms with Crippen LogP contribution in [0.5, 0.6) is 11.5 Å². The zero-order valence-electron chi connectivity index (χ0n) is 17.5. The fourth-order valence-corrected chi connectivity index (χ4v) is 4.97. The molecule has 7 nitrogen and oxygen atoms in total. The van der Waals surface area contributed by atoms with E-state index in [0.29, 0.717) is 21.5 Å². The third-order valence-electron chi connectivity index (χ3n) is 4.48. The summed E-state index contributed by atoms with van der Waals surface area (Å²) in [5.74, 6) is -0.708. The predicted octanol–water partition coefficient (Wildman–Crippen LogP) is 5.03. The van der Waals surface area contributed by atoms with Crippen LogP contribution in [-0.4, -0.2) is 35.1 Å². The monoisotopic (exact) mass is 512 g/mol. The van der Waals surface area contributed by atoms with E-state index in [4.69, 9.17) is 32.7 Å². The van der Waals surface area contributed by atoms with Gasteiger partial charge < -0.3 is 20.1 Å². The predicted molar refractivity (Wildman–Crippen MR) is 125 cm³/mol. The molecule has 0 fully saturated rings. The van der Waals surface area contributed by atoms with Gasteiger partial charge in [-0.15, -0.1) is 0 Å². The summed E-state index contributed by atoms with van der Waals surface area (Å²) in [7, 11) is -1.38. The van der Waals surface area contributed by atoms with E-state index in [-0.39, 0.29) is 27.8 Å². The number of rotatable bonds is 8. The number of methoxy groups -OCH3 is 2. The zero-order valence-corrected chi connectivity index (χ0v) is 19.8. The number of sulfone groups is 1. The van der Waals surface area contributed by atoms with E-state index in [1.807, 2.05) is 0 Å². The van der Waals surface area contributed by atoms with Crippen molar-refractivity contribution < 1.29 is 27.1 Å². The highest BCUT2D eigenvalue weighted by Gasteiger charge is 2.24. The maximum absolute atomic E-state index is 14.0. The standard InChI is InChI=1S/C22H19Cl2FN2O5S/c1-31-19-6-4-17(11-20(19)32-2)33(29,30)21-10-15(25)3-5-18(21)26-12-22(28)27-16-8-13(23)7-14(24)9-16/h3-11,26H,12H2,1-2H3,(H,27,28). The number of amides is 1. The SMILES string of the molecule is COc1ccc(S(=O)(=O)c2cc(F)ccc2NCC(=O)Nc2cc(Cl)cc(Cl)c2)cc1OC. The Kier molecular flexibility index (Phi) is 7.68. The molecule has 0 saturated carbocycles. The van der Waals surface area contributed by atoms with Gasteiger partial charge in [-0.2, -0.15) is 0 Å². The fourth-order valence-electron chi connectivity index (χ4n) is 2.98. The second kappa shape index (κ2) is 10.3. The number of hydrogen-bond donors (Lipinski definition) is 2. The quantitative estimate of drug-likeness (QED) is 0.439. The van der Waals surface area contributed by atoms with Crippen LogP contribution >= 0.6 is 23.2 Å². The summed E-state index contributed by atoms with van der Waals surface area (Å²) in [6, 6.07) is 11.8. The fraction of sp³-hybridized carbons (Fsp3) is 0.136. The molecule has 33 heavy (non-hydrogen) atoms. The number of anilines is 2. The lowest BCUT2D eigenvalue weighted by Crippen LogP contribution is -2.22. The van der Waals surface area contributed by atoms with Crippen molar-refractivity contribution in [2.45, 2.75) is 9.79 Å². The molecule has 174 valence electrons. The number of benzene rings is 3. The molecule has 1 amide bonds. The molecule has 0 atom stereocenters. The van der Waals surface area contributed by atoms with E-state index < -0.39 is 21.6 Å². The number of halogens is 3. The van der Waals surface area contributed by atoms with Crippen molar-refractivity contribution in [1.29, 1.82) is 0 Å². The summed E-state index contributed by atoms with van der Waals surface area (Å²) in [4.78, 5) is 11.9. The Hall–Kier alpha value is -3.01. The van der Waals surface area contributed by atoms with Gasteiger partial charge in [-0.3, -0.25) is 4.79 Å². The molecular formula is C22H19Cl2FN2O5S. The third kappa shape index (κ3) is 5.87. The molecule has 0 spiro atoms. The average molecular weight is 513 g/mol. The van der Waals surface area contributed by atoms with Crippen molar-refractivity contribution in [1.82, 2.24) is 0 Å². The van der Waals surface area contributed by atoms with Gasteiger partial charge in [0.25, 0.3) is 0 Å². The van der Waals surface area contributed by atoms with Crippen molar-refractivity contribution in [2.75, 3.05) is 31.4 Å². The van der Waals surface area contributed by atoms with Gasteiger partial charge in [-0.05, 0) is 48.5 Å². The number of nitrogens with one attached hydrogen (secondary N) is 2. The minimum absolute atomic E-state index is 0.0467. The van der Waals surface area contributed by atoms with Gasteiger partial charge in [-0.1, -0.05) is 23.2 Å². The highest BCUT2D eigenvalue weighted by molar-refractivity contribution is 7.91. The Labute approximate surface area is 200 Å². The molecule has 0 unspecified atom stereocenters. The number of carbonyl (C=O) groups is 1. The first-order valence-electron chi connectivity index (χ1n) is 9.40. The highest BCUT2D eigenvalue weighted by Crippen LogP contribution is 2.34. The van der Waals surface area contributed by atoms with Gasteiger partial charge in [-0.25, -0.2) is 12.8 Å². The van der Waals surface area contributed by atoms with Crippen molar-refractivity contribution in [3.8, 4) is 11.5 Å². The molecule has 0 radical (unpaired) electrons. The molecule has 0 aliphatic rings. The van der Waals surface area contributed by atoms with Crippen molar-refractivity contribution >= 4 is 50.3 Å². The summed E-state index contributed by atoms with van der Waals surface area (Å²) in [6.45, 7) is -0.301. The van der Waals surface area contributed by atoms with Crippen molar-refractivity contribution in [3.05, 3.63) is 70.5 Å². The van der Waals surface area contributed by atoms with Crippen LogP contribution in [0.2, 0.25) is 10.0 Å². The molecule has 0 aliphatic heterocycles. The second-order valence-corrected chi connectivity index (χ2v) is 9.51. The van der Waals surface area contributed by atoms with E-state index in [1.165, 1.54) is 56.7 Å². The second-order valence-electron chi connectivity index (χ2n) is 6.72. The van der Waals surface area contributed by atoms with Crippen LogP contribution in [0.1, 0.15) is 0 Å². The van der Waals surface area contributed by atoms with Gasteiger partial charge in [0.2, 0.25) is 15.7 Å². The van der Waals surface area contributed by atoms with Crippen molar-refractivity contribution in [2.24, 2.45) is 0 Å². The molecule has 3 rings (SSSR count). The largest absolute Gasteiger partial charge is 0.493 e. The van der Waals surface area contributed by atoms with Crippen LogP contribution in [-0.2, 0) is 14.6 Å². The number of hydrogen-bond acceptors (Lipinski definition) is 6. The molecule has 0 aromatic heterocycles. The molecule has 3 aromatic rings. The normalized spacial score (nSPS) is 11.1. The first-order valence-corrected chi connectivity index (χ1v) is 11.6. The molecule has 3 aromatic carbocycles. The third-order valence-corrected chi connectivity index (χ3v) is 6.71. The van der Waals surface area contributed by atoms with E-state index in [9.17, 15) is 17.6 Å². The molecule has 11 heteroatoms. The van der Waals surface area contributed by atoms with Gasteiger partial charge >= 0.3 is 0 Å². The van der Waals surface area contributed by atoms with Crippen LogP contribution in [0, 0.1) is 5.82 Å². The Balaban J connectivity index is 1.86. The van der Waals surface area contributed by atoms with Gasteiger partial charge in [0.15, 0.2) is 11.5 Å². The summed E-state index contributed by atoms with van der Waals surface area (Å²) in [6.07, 6.45) is 0. The lowest BCUT2D eigenvalue weighted by atomic mass is 10.3. The lowest BCUT2D eigenvalue weighted by molar-refractivity contribution is -0.114. The minimum Gasteiger partial charge on any atom is -0.493 e. The Morgan fingerprint density at radius 2 is 1.61 bits per heavy atom. The smallest absolute Gasteiger partial charge is 0.243 e. The lowest BCUT2D eigenvalue weighted by Gasteiger charge is -2.14. The van der Waals surface area contributed by atoms with E-state index in [2.05, 4.69) is 10.6 Å². The van der Waals surface area contributed by atoms with Crippen LogP contribution in [0.3, 0.4) is 0 Å². The first kappa shape index (κ1) is 24.6. The zero-order chi connectivity index (χ0) is 24.2. The first-order chi connectivity index (χ1) is 15.6. The maximum Gasteiger partial charge on any atom is 0.243 e. The molecule has 0 bridgehead atoms. The highest BCUT2D eigenvalue weighted by atomic mass is 35.5. The molecule has 0 heterocycles. The summed E-state index contributed by atoms with van der Waals surface area (Å²) < 4.78 is 50.8. The van der Waals surface area contributed by atoms with E-state index in [1.54, 1.807) is 0 Å². The van der Waals surface area contributed by atoms with Gasteiger partial charge in [0, 0.05) is 21.8 Å². The molecule has 0 saturated heterocycles. The van der Waals surface area contributed by atoms with Gasteiger partial charge in [0.1, 0.15) is 5.82 Å². The molecule has 0 aliphatic carbocycles. The molecule has 2 N–H and O–H groups in total. The Morgan fingerprint density at radius 3 is 2.24 bits per heavy atom. The van der Waals surface area contributed by atoms with E-state index in [0.717, 1.165) is 12.1 Å². The van der Waals surface area contributed by atoms with E-state index >= 15 is 0 Å². The topological polar surface area (TPSA) is 93.7 Å². The van der Waals surface area contributed by atoms with Crippen LogP contribution in [0.4, 0.5) is 15.8 Å². The van der Waals surface area contributed by atoms with Crippen LogP contribution < -0.4 is 20.1 Å². The number of ether oxygens (including phenoxy) is 2. The number of carbonyl (C=O) groups excluding carboxylic acids is 1. The summed E-state index contributed by atoms with van der Waals surface area (Å²) in [5, 5.41) is 6.02. The van der Waals surface area contributed by atoms with Crippen LogP contribution in [0.15, 0.2) is 64.4 Å². The maximum atomic E-state index is 14.0. The van der Waals surface area contributed by atoms with Gasteiger partial charge in [0.05, 0.1) is 36.2 Å². The Bertz CT molecular complexity index is 1280. The van der Waals surface area contributed by atoms with Crippen molar-refractivity contribution in [3.63, 3.8) is 0 Å². The molecular weight excluding hydrogens is 494 g/mol. The Morgan fingerprint density at radius 1 is 0.939 bits per heavy atom.